The van der Waals surface area contributed by atoms with E-state index in [1.807, 2.05) is 6.92 Å². The molecule has 0 saturated carbocycles. The molecule has 0 aliphatic rings. The van der Waals surface area contributed by atoms with Crippen molar-refractivity contribution in [2.75, 3.05) is 23.7 Å². The van der Waals surface area contributed by atoms with E-state index in [1.54, 1.807) is 55.5 Å². The normalized spacial score (nSPS) is 12.2. The molecule has 32 heavy (non-hydrogen) atoms. The summed E-state index contributed by atoms with van der Waals surface area (Å²) in [6, 6.07) is 12.3. The SMILES string of the molecule is CCCNC(=O)[C@H](C)N(Cc1ccc(Cl)cc1Cl)C(=O)CN(c1ccccc1)S(C)(=O)=O. The molecule has 0 aliphatic heterocycles. The van der Waals surface area contributed by atoms with Crippen LogP contribution in [0.25, 0.3) is 0 Å². The molecule has 7 nitrogen and oxygen atoms in total. The summed E-state index contributed by atoms with van der Waals surface area (Å²) in [4.78, 5) is 27.3. The van der Waals surface area contributed by atoms with Gasteiger partial charge in [-0.3, -0.25) is 13.9 Å². The number of halogens is 2. The van der Waals surface area contributed by atoms with Crippen LogP contribution in [-0.2, 0) is 26.2 Å². The highest BCUT2D eigenvalue weighted by Crippen LogP contribution is 2.24. The number of hydrogen-bond acceptors (Lipinski definition) is 4. The second kappa shape index (κ2) is 11.5. The molecular weight excluding hydrogens is 473 g/mol. The minimum atomic E-state index is -3.75. The molecule has 1 N–H and O–H groups in total. The van der Waals surface area contributed by atoms with Crippen molar-refractivity contribution in [3.8, 4) is 0 Å². The lowest BCUT2D eigenvalue weighted by Gasteiger charge is -2.31. The Balaban J connectivity index is 2.38. The van der Waals surface area contributed by atoms with Gasteiger partial charge in [-0.05, 0) is 43.2 Å². The van der Waals surface area contributed by atoms with E-state index in [4.69, 9.17) is 23.2 Å². The van der Waals surface area contributed by atoms with Gasteiger partial charge in [-0.25, -0.2) is 8.42 Å². The van der Waals surface area contributed by atoms with Gasteiger partial charge in [-0.2, -0.15) is 0 Å². The predicted octanol–water partition coefficient (Wildman–Crippen LogP) is 3.70. The van der Waals surface area contributed by atoms with Gasteiger partial charge in [0.15, 0.2) is 0 Å². The molecule has 10 heteroatoms. The van der Waals surface area contributed by atoms with Crippen molar-refractivity contribution in [2.24, 2.45) is 0 Å². The molecule has 2 amide bonds. The molecule has 0 bridgehead atoms. The first-order valence-corrected chi connectivity index (χ1v) is 12.7. The highest BCUT2D eigenvalue weighted by atomic mass is 35.5. The van der Waals surface area contributed by atoms with Crippen LogP contribution in [0.1, 0.15) is 25.8 Å². The topological polar surface area (TPSA) is 86.8 Å². The Morgan fingerprint density at radius 2 is 1.75 bits per heavy atom. The Bertz CT molecular complexity index is 1050. The molecule has 174 valence electrons. The maximum Gasteiger partial charge on any atom is 0.244 e. The van der Waals surface area contributed by atoms with Crippen molar-refractivity contribution < 1.29 is 18.0 Å². The number of benzene rings is 2. The molecule has 0 spiro atoms. The van der Waals surface area contributed by atoms with E-state index in [0.29, 0.717) is 27.8 Å². The maximum absolute atomic E-state index is 13.3. The average Bonchev–Trinajstić information content (AvgIpc) is 2.74. The number of nitrogens with one attached hydrogen (secondary N) is 1. The number of rotatable bonds is 10. The lowest BCUT2D eigenvalue weighted by Crippen LogP contribution is -2.51. The van der Waals surface area contributed by atoms with Crippen molar-refractivity contribution in [2.45, 2.75) is 32.9 Å². The number of anilines is 1. The third-order valence-electron chi connectivity index (χ3n) is 4.80. The third kappa shape index (κ3) is 7.12. The highest BCUT2D eigenvalue weighted by molar-refractivity contribution is 7.92. The van der Waals surface area contributed by atoms with Gasteiger partial charge in [0.25, 0.3) is 0 Å². The summed E-state index contributed by atoms with van der Waals surface area (Å²) in [7, 11) is -3.75. The zero-order valence-corrected chi connectivity index (χ0v) is 20.5. The average molecular weight is 500 g/mol. The summed E-state index contributed by atoms with van der Waals surface area (Å²) in [5.74, 6) is -0.875. The Hall–Kier alpha value is -2.29. The fourth-order valence-electron chi connectivity index (χ4n) is 3.02. The number of hydrogen-bond donors (Lipinski definition) is 1. The quantitative estimate of drug-likeness (QED) is 0.539. The Kier molecular flexibility index (Phi) is 9.36. The van der Waals surface area contributed by atoms with Crippen LogP contribution in [-0.4, -0.2) is 50.5 Å². The van der Waals surface area contributed by atoms with E-state index in [9.17, 15) is 18.0 Å². The first-order chi connectivity index (χ1) is 15.0. The van der Waals surface area contributed by atoms with Gasteiger partial charge in [0, 0.05) is 23.1 Å². The molecule has 0 fully saturated rings. The van der Waals surface area contributed by atoms with Gasteiger partial charge in [0.2, 0.25) is 21.8 Å². The molecular formula is C22H27Cl2N3O4S. The summed E-state index contributed by atoms with van der Waals surface area (Å²) in [5.41, 5.74) is 0.945. The summed E-state index contributed by atoms with van der Waals surface area (Å²) in [5, 5.41) is 3.56. The smallest absolute Gasteiger partial charge is 0.244 e. The summed E-state index contributed by atoms with van der Waals surface area (Å²) in [6.07, 6.45) is 1.77. The number of nitrogens with zero attached hydrogens (tertiary/aromatic N) is 2. The molecule has 0 saturated heterocycles. The lowest BCUT2D eigenvalue weighted by atomic mass is 10.1. The van der Waals surface area contributed by atoms with Gasteiger partial charge >= 0.3 is 0 Å². The van der Waals surface area contributed by atoms with Crippen molar-refractivity contribution in [1.82, 2.24) is 10.2 Å². The van der Waals surface area contributed by atoms with Gasteiger partial charge in [0.1, 0.15) is 12.6 Å². The number of para-hydroxylation sites is 1. The van der Waals surface area contributed by atoms with Crippen LogP contribution in [0.3, 0.4) is 0 Å². The van der Waals surface area contributed by atoms with E-state index in [1.165, 1.54) is 4.90 Å². The Morgan fingerprint density at radius 3 is 2.31 bits per heavy atom. The fourth-order valence-corrected chi connectivity index (χ4v) is 4.34. The zero-order valence-electron chi connectivity index (χ0n) is 18.2. The van der Waals surface area contributed by atoms with Crippen molar-refractivity contribution >= 4 is 50.7 Å². The van der Waals surface area contributed by atoms with Crippen LogP contribution in [0, 0.1) is 0 Å². The molecule has 2 rings (SSSR count). The van der Waals surface area contributed by atoms with Gasteiger partial charge in [-0.1, -0.05) is 54.4 Å². The summed E-state index contributed by atoms with van der Waals surface area (Å²) in [6.45, 7) is 3.54. The minimum absolute atomic E-state index is 0.0158. The summed E-state index contributed by atoms with van der Waals surface area (Å²) >= 11 is 12.3. The Labute approximate surface area is 199 Å². The number of amides is 2. The number of sulfonamides is 1. The van der Waals surface area contributed by atoms with Gasteiger partial charge in [-0.15, -0.1) is 0 Å². The largest absolute Gasteiger partial charge is 0.354 e. The molecule has 2 aromatic rings. The molecule has 0 unspecified atom stereocenters. The minimum Gasteiger partial charge on any atom is -0.354 e. The number of carbonyl (C=O) groups excluding carboxylic acids is 2. The zero-order chi connectivity index (χ0) is 23.9. The maximum atomic E-state index is 13.3. The van der Waals surface area contributed by atoms with Crippen molar-refractivity contribution in [3.63, 3.8) is 0 Å². The predicted molar refractivity (Wildman–Crippen MR) is 128 cm³/mol. The fraction of sp³-hybridized carbons (Fsp3) is 0.364. The van der Waals surface area contributed by atoms with Crippen LogP contribution in [0.4, 0.5) is 5.69 Å². The summed E-state index contributed by atoms with van der Waals surface area (Å²) < 4.78 is 25.9. The lowest BCUT2D eigenvalue weighted by molar-refractivity contribution is -0.139. The molecule has 0 radical (unpaired) electrons. The second-order valence-electron chi connectivity index (χ2n) is 7.33. The highest BCUT2D eigenvalue weighted by Gasteiger charge is 2.30. The van der Waals surface area contributed by atoms with Crippen molar-refractivity contribution in [1.29, 1.82) is 0 Å². The van der Waals surface area contributed by atoms with E-state index in [-0.39, 0.29) is 12.5 Å². The monoisotopic (exact) mass is 499 g/mol. The standard InChI is InChI=1S/C22H27Cl2N3O4S/c1-4-12-25-22(29)16(2)26(14-17-10-11-18(23)13-20(17)24)21(28)15-27(32(3,30)31)19-8-6-5-7-9-19/h5-11,13,16H,4,12,14-15H2,1-3H3,(H,25,29)/t16-/m0/s1. The van der Waals surface area contributed by atoms with E-state index < -0.39 is 28.5 Å². The van der Waals surface area contributed by atoms with Crippen LogP contribution < -0.4 is 9.62 Å². The number of carbonyl (C=O) groups is 2. The van der Waals surface area contributed by atoms with Gasteiger partial charge in [0.05, 0.1) is 11.9 Å². The van der Waals surface area contributed by atoms with Crippen molar-refractivity contribution in [3.05, 3.63) is 64.1 Å². The molecule has 0 heterocycles. The Morgan fingerprint density at radius 1 is 1.09 bits per heavy atom. The van der Waals surface area contributed by atoms with Crippen LogP contribution in [0.15, 0.2) is 48.5 Å². The molecule has 0 aromatic heterocycles. The van der Waals surface area contributed by atoms with Crippen LogP contribution in [0.2, 0.25) is 10.0 Å². The van der Waals surface area contributed by atoms with E-state index in [2.05, 4.69) is 5.32 Å². The van der Waals surface area contributed by atoms with E-state index in [0.717, 1.165) is 17.0 Å². The van der Waals surface area contributed by atoms with Crippen LogP contribution >= 0.6 is 23.2 Å². The van der Waals surface area contributed by atoms with Gasteiger partial charge < -0.3 is 10.2 Å². The first kappa shape index (κ1) is 26.0. The molecule has 2 aromatic carbocycles. The second-order valence-corrected chi connectivity index (χ2v) is 10.1. The van der Waals surface area contributed by atoms with Crippen LogP contribution in [0.5, 0.6) is 0 Å². The first-order valence-electron chi connectivity index (χ1n) is 10.1. The molecule has 0 aliphatic carbocycles. The van der Waals surface area contributed by atoms with E-state index >= 15 is 0 Å². The third-order valence-corrected chi connectivity index (χ3v) is 6.52. The molecule has 1 atom stereocenters.